The number of rotatable bonds is 0. The second-order valence-corrected chi connectivity index (χ2v) is 6.83. The van der Waals surface area contributed by atoms with E-state index in [2.05, 4.69) is 12.1 Å². The van der Waals surface area contributed by atoms with E-state index in [0.29, 0.717) is 5.75 Å². The van der Waals surface area contributed by atoms with Gasteiger partial charge in [0.15, 0.2) is 0 Å². The molecule has 1 N–H and O–H groups in total. The van der Waals surface area contributed by atoms with Crippen LogP contribution in [0.4, 0.5) is 0 Å². The van der Waals surface area contributed by atoms with Crippen molar-refractivity contribution in [2.45, 2.75) is 32.1 Å². The van der Waals surface area contributed by atoms with Crippen LogP contribution in [-0.4, -0.2) is 15.1 Å². The monoisotopic (exact) mass is 314 g/mol. The van der Waals surface area contributed by atoms with Gasteiger partial charge in [-0.05, 0) is 36.6 Å². The van der Waals surface area contributed by atoms with Crippen molar-refractivity contribution in [1.29, 1.82) is 0 Å². The van der Waals surface area contributed by atoms with Gasteiger partial charge in [0.05, 0.1) is 22.4 Å². The lowest BCUT2D eigenvalue weighted by Crippen LogP contribution is -2.22. The highest BCUT2D eigenvalue weighted by molar-refractivity contribution is 5.74. The average molecular weight is 314 g/mol. The quantitative estimate of drug-likeness (QED) is 0.638. The molecule has 2 aliphatic rings. The molecule has 2 aliphatic carbocycles. The Morgan fingerprint density at radius 1 is 1.00 bits per heavy atom. The molecule has 3 heteroatoms. The lowest BCUT2D eigenvalue weighted by molar-refractivity contribution is 0.455. The maximum Gasteiger partial charge on any atom is 0.122 e. The first-order chi connectivity index (χ1) is 11.7. The molecule has 0 aliphatic heterocycles. The first-order valence-electron chi connectivity index (χ1n) is 8.45. The standard InChI is InChI=1S/C21H18N2O/c1-12-6-7-13-8-9-14-10-18-19(11-15(14)20(13)21(12)24)23-17-5-3-2-4-16(17)22-18/h2-7,9,15,24H,8,10-11H2,1H3. The number of hydrogen-bond donors (Lipinski definition) is 1. The summed E-state index contributed by atoms with van der Waals surface area (Å²) >= 11 is 0. The predicted molar refractivity (Wildman–Crippen MR) is 94.3 cm³/mol. The maximum atomic E-state index is 10.6. The Hall–Kier alpha value is -2.68. The Kier molecular flexibility index (Phi) is 2.81. The molecule has 3 nitrogen and oxygen atoms in total. The van der Waals surface area contributed by atoms with Gasteiger partial charge in [-0.1, -0.05) is 35.9 Å². The van der Waals surface area contributed by atoms with Gasteiger partial charge in [0.2, 0.25) is 0 Å². The Bertz CT molecular complexity index is 1020. The molecule has 0 radical (unpaired) electrons. The number of aromatic hydroxyl groups is 1. The van der Waals surface area contributed by atoms with Gasteiger partial charge in [0.25, 0.3) is 0 Å². The average Bonchev–Trinajstić information content (AvgIpc) is 2.61. The van der Waals surface area contributed by atoms with Crippen LogP contribution in [0.3, 0.4) is 0 Å². The van der Waals surface area contributed by atoms with E-state index in [-0.39, 0.29) is 5.92 Å². The predicted octanol–water partition coefficient (Wildman–Crippen LogP) is 4.01. The zero-order valence-corrected chi connectivity index (χ0v) is 13.6. The van der Waals surface area contributed by atoms with E-state index < -0.39 is 0 Å². The van der Waals surface area contributed by atoms with Crippen LogP contribution >= 0.6 is 0 Å². The molecular weight excluding hydrogens is 296 g/mol. The molecule has 5 rings (SSSR count). The van der Waals surface area contributed by atoms with Gasteiger partial charge in [0, 0.05) is 24.3 Å². The summed E-state index contributed by atoms with van der Waals surface area (Å²) in [4.78, 5) is 9.70. The van der Waals surface area contributed by atoms with Crippen molar-refractivity contribution in [3.63, 3.8) is 0 Å². The Morgan fingerprint density at radius 3 is 2.54 bits per heavy atom. The molecule has 0 spiro atoms. The summed E-state index contributed by atoms with van der Waals surface area (Å²) in [6.07, 6.45) is 4.88. The Balaban J connectivity index is 1.67. The van der Waals surface area contributed by atoms with Crippen LogP contribution in [0.2, 0.25) is 0 Å². The first-order valence-corrected chi connectivity index (χ1v) is 8.45. The van der Waals surface area contributed by atoms with Gasteiger partial charge in [-0.25, -0.2) is 9.97 Å². The fourth-order valence-electron chi connectivity index (χ4n) is 4.09. The Morgan fingerprint density at radius 2 is 1.75 bits per heavy atom. The summed E-state index contributed by atoms with van der Waals surface area (Å²) in [5.41, 5.74) is 8.75. The molecule has 118 valence electrons. The minimum atomic E-state index is 0.233. The fourth-order valence-corrected chi connectivity index (χ4v) is 4.09. The van der Waals surface area contributed by atoms with E-state index in [1.54, 1.807) is 0 Å². The highest BCUT2D eigenvalue weighted by Gasteiger charge is 2.32. The topological polar surface area (TPSA) is 46.0 Å². The number of para-hydroxylation sites is 2. The van der Waals surface area contributed by atoms with Crippen LogP contribution in [0.25, 0.3) is 11.0 Å². The van der Waals surface area contributed by atoms with Crippen LogP contribution < -0.4 is 0 Å². The summed E-state index contributed by atoms with van der Waals surface area (Å²) < 4.78 is 0. The molecule has 1 atom stereocenters. The van der Waals surface area contributed by atoms with Gasteiger partial charge in [-0.2, -0.15) is 0 Å². The second kappa shape index (κ2) is 4.91. The highest BCUT2D eigenvalue weighted by Crippen LogP contribution is 2.45. The third kappa shape index (κ3) is 1.91. The normalized spacial score (nSPS) is 18.5. The van der Waals surface area contributed by atoms with Crippen LogP contribution in [0.5, 0.6) is 5.75 Å². The number of phenols is 1. The van der Waals surface area contributed by atoms with Crippen molar-refractivity contribution in [2.75, 3.05) is 0 Å². The van der Waals surface area contributed by atoms with Crippen LogP contribution in [0, 0.1) is 6.92 Å². The number of benzene rings is 2. The van der Waals surface area contributed by atoms with Gasteiger partial charge in [-0.3, -0.25) is 0 Å². The lowest BCUT2D eigenvalue weighted by atomic mass is 9.73. The molecule has 0 saturated heterocycles. The van der Waals surface area contributed by atoms with E-state index >= 15 is 0 Å². The first kappa shape index (κ1) is 13.7. The molecule has 0 saturated carbocycles. The lowest BCUT2D eigenvalue weighted by Gasteiger charge is -2.32. The van der Waals surface area contributed by atoms with Gasteiger partial charge < -0.3 is 5.11 Å². The van der Waals surface area contributed by atoms with Crippen LogP contribution in [0.1, 0.15) is 34.0 Å². The molecule has 3 aromatic rings. The van der Waals surface area contributed by atoms with Crippen molar-refractivity contribution in [3.8, 4) is 5.75 Å². The van der Waals surface area contributed by atoms with Crippen molar-refractivity contribution < 1.29 is 5.11 Å². The molecule has 24 heavy (non-hydrogen) atoms. The van der Waals surface area contributed by atoms with Gasteiger partial charge in [0.1, 0.15) is 5.75 Å². The van der Waals surface area contributed by atoms with Crippen LogP contribution in [-0.2, 0) is 19.3 Å². The Labute approximate surface area is 140 Å². The third-order valence-corrected chi connectivity index (χ3v) is 5.38. The summed E-state index contributed by atoms with van der Waals surface area (Å²) in [6.45, 7) is 1.97. The van der Waals surface area contributed by atoms with E-state index in [1.165, 1.54) is 11.1 Å². The number of aromatic nitrogens is 2. The smallest absolute Gasteiger partial charge is 0.122 e. The van der Waals surface area contributed by atoms with Gasteiger partial charge in [-0.15, -0.1) is 0 Å². The van der Waals surface area contributed by atoms with E-state index in [9.17, 15) is 5.11 Å². The van der Waals surface area contributed by atoms with E-state index in [1.807, 2.05) is 37.3 Å². The van der Waals surface area contributed by atoms with Crippen LogP contribution in [0.15, 0.2) is 48.0 Å². The fraction of sp³-hybridized carbons (Fsp3) is 0.238. The number of allylic oxidation sites excluding steroid dienone is 2. The van der Waals surface area contributed by atoms with E-state index in [4.69, 9.17) is 9.97 Å². The number of fused-ring (bicyclic) bond motifs is 5. The molecule has 0 bridgehead atoms. The molecule has 2 aromatic carbocycles. The SMILES string of the molecule is Cc1ccc2c(c1O)C1Cc3nc4ccccc4nc3CC1=CC2. The summed E-state index contributed by atoms with van der Waals surface area (Å²) in [5.74, 6) is 0.692. The summed E-state index contributed by atoms with van der Waals surface area (Å²) in [5, 5.41) is 10.6. The number of phenolic OH excluding ortho intramolecular Hbond substituents is 1. The maximum absolute atomic E-state index is 10.6. The summed E-state index contributed by atoms with van der Waals surface area (Å²) in [6, 6.07) is 12.2. The minimum Gasteiger partial charge on any atom is -0.507 e. The second-order valence-electron chi connectivity index (χ2n) is 6.83. The van der Waals surface area contributed by atoms with Gasteiger partial charge >= 0.3 is 0 Å². The largest absolute Gasteiger partial charge is 0.507 e. The van der Waals surface area contributed by atoms with Crippen molar-refractivity contribution in [2.24, 2.45) is 0 Å². The molecule has 0 fully saturated rings. The summed E-state index contributed by atoms with van der Waals surface area (Å²) in [7, 11) is 0. The zero-order chi connectivity index (χ0) is 16.3. The number of nitrogens with zero attached hydrogens (tertiary/aromatic N) is 2. The molecule has 1 aromatic heterocycles. The van der Waals surface area contributed by atoms with Crippen molar-refractivity contribution in [1.82, 2.24) is 9.97 Å². The van der Waals surface area contributed by atoms with E-state index in [0.717, 1.165) is 52.8 Å². The molecule has 1 heterocycles. The van der Waals surface area contributed by atoms with Crippen molar-refractivity contribution >= 4 is 11.0 Å². The van der Waals surface area contributed by atoms with Crippen molar-refractivity contribution in [3.05, 3.63) is 76.1 Å². The molecular formula is C21H18N2O. The molecule has 0 amide bonds. The third-order valence-electron chi connectivity index (χ3n) is 5.38. The molecule has 1 unspecified atom stereocenters. The highest BCUT2D eigenvalue weighted by atomic mass is 16.3. The number of aryl methyl sites for hydroxylation is 1. The zero-order valence-electron chi connectivity index (χ0n) is 13.6. The minimum absolute atomic E-state index is 0.233. The number of hydrogen-bond acceptors (Lipinski definition) is 3.